The number of anilines is 3. The van der Waals surface area contributed by atoms with Gasteiger partial charge in [0.2, 0.25) is 5.95 Å². The molecule has 1 fully saturated rings. The second kappa shape index (κ2) is 6.46. The van der Waals surface area contributed by atoms with Crippen molar-refractivity contribution < 1.29 is 0 Å². The molecule has 0 N–H and O–H groups in total. The van der Waals surface area contributed by atoms with Crippen molar-refractivity contribution in [2.45, 2.75) is 26.2 Å². The summed E-state index contributed by atoms with van der Waals surface area (Å²) in [7, 11) is 3.96. The SMILES string of the molecule is Cc1cc(N2CCN(c3ncnc4c3CCC4)CC2)nc(N(C)C)n1. The van der Waals surface area contributed by atoms with Gasteiger partial charge in [0, 0.05) is 63.3 Å². The minimum Gasteiger partial charge on any atom is -0.353 e. The van der Waals surface area contributed by atoms with E-state index in [1.807, 2.05) is 25.9 Å². The van der Waals surface area contributed by atoms with E-state index in [2.05, 4.69) is 30.8 Å². The molecule has 0 spiro atoms. The Kier molecular flexibility index (Phi) is 4.15. The zero-order chi connectivity index (χ0) is 17.4. The molecule has 0 atom stereocenters. The molecule has 3 heterocycles. The van der Waals surface area contributed by atoms with E-state index in [1.165, 1.54) is 17.7 Å². The average molecular weight is 339 g/mol. The van der Waals surface area contributed by atoms with Crippen LogP contribution in [0.15, 0.2) is 12.4 Å². The third-order valence-electron chi connectivity index (χ3n) is 4.98. The predicted octanol–water partition coefficient (Wildman–Crippen LogP) is 1.46. The maximum atomic E-state index is 4.71. The van der Waals surface area contributed by atoms with Gasteiger partial charge in [-0.2, -0.15) is 4.98 Å². The highest BCUT2D eigenvalue weighted by molar-refractivity contribution is 5.53. The molecule has 1 saturated heterocycles. The Balaban J connectivity index is 1.50. The lowest BCUT2D eigenvalue weighted by Crippen LogP contribution is -2.47. The van der Waals surface area contributed by atoms with Crippen LogP contribution in [0.1, 0.15) is 23.4 Å². The Morgan fingerprint density at radius 1 is 0.960 bits per heavy atom. The largest absolute Gasteiger partial charge is 0.353 e. The first-order valence-corrected chi connectivity index (χ1v) is 8.97. The summed E-state index contributed by atoms with van der Waals surface area (Å²) in [5, 5.41) is 0. The molecular formula is C18H25N7. The Hall–Kier alpha value is -2.44. The molecule has 1 aliphatic heterocycles. The maximum Gasteiger partial charge on any atom is 0.226 e. The molecule has 7 heteroatoms. The van der Waals surface area contributed by atoms with E-state index < -0.39 is 0 Å². The van der Waals surface area contributed by atoms with E-state index in [0.29, 0.717) is 0 Å². The number of fused-ring (bicyclic) bond motifs is 1. The summed E-state index contributed by atoms with van der Waals surface area (Å²) in [6.07, 6.45) is 5.14. The first-order valence-electron chi connectivity index (χ1n) is 8.97. The van der Waals surface area contributed by atoms with Crippen molar-refractivity contribution in [3.8, 4) is 0 Å². The van der Waals surface area contributed by atoms with E-state index in [-0.39, 0.29) is 0 Å². The Morgan fingerprint density at radius 2 is 1.72 bits per heavy atom. The summed E-state index contributed by atoms with van der Waals surface area (Å²) in [6, 6.07) is 2.07. The van der Waals surface area contributed by atoms with Crippen LogP contribution in [0.25, 0.3) is 0 Å². The summed E-state index contributed by atoms with van der Waals surface area (Å²) in [5.41, 5.74) is 3.61. The molecule has 0 saturated carbocycles. The van der Waals surface area contributed by atoms with E-state index in [9.17, 15) is 0 Å². The van der Waals surface area contributed by atoms with Gasteiger partial charge < -0.3 is 14.7 Å². The average Bonchev–Trinajstić information content (AvgIpc) is 3.10. The van der Waals surface area contributed by atoms with E-state index in [4.69, 9.17) is 4.98 Å². The van der Waals surface area contributed by atoms with E-state index in [0.717, 1.165) is 62.3 Å². The quantitative estimate of drug-likeness (QED) is 0.839. The number of rotatable bonds is 3. The van der Waals surface area contributed by atoms with Crippen LogP contribution in [0.2, 0.25) is 0 Å². The summed E-state index contributed by atoms with van der Waals surface area (Å²) >= 11 is 0. The highest BCUT2D eigenvalue weighted by Crippen LogP contribution is 2.29. The van der Waals surface area contributed by atoms with Crippen molar-refractivity contribution in [2.75, 3.05) is 55.0 Å². The van der Waals surface area contributed by atoms with E-state index >= 15 is 0 Å². The van der Waals surface area contributed by atoms with Crippen molar-refractivity contribution in [1.82, 2.24) is 19.9 Å². The monoisotopic (exact) mass is 339 g/mol. The van der Waals surface area contributed by atoms with E-state index in [1.54, 1.807) is 6.33 Å². The summed E-state index contributed by atoms with van der Waals surface area (Å²) in [5.74, 6) is 2.94. The van der Waals surface area contributed by atoms with Crippen LogP contribution in [0, 0.1) is 6.92 Å². The van der Waals surface area contributed by atoms with Crippen molar-refractivity contribution in [3.05, 3.63) is 29.3 Å². The molecule has 25 heavy (non-hydrogen) atoms. The van der Waals surface area contributed by atoms with Gasteiger partial charge in [0.25, 0.3) is 0 Å². The van der Waals surface area contributed by atoms with Gasteiger partial charge in [0.05, 0.1) is 0 Å². The lowest BCUT2D eigenvalue weighted by molar-refractivity contribution is 0.637. The number of hydrogen-bond donors (Lipinski definition) is 0. The summed E-state index contributed by atoms with van der Waals surface area (Å²) in [6.45, 7) is 5.84. The van der Waals surface area contributed by atoms with Crippen LogP contribution in [0.5, 0.6) is 0 Å². The van der Waals surface area contributed by atoms with Crippen molar-refractivity contribution in [1.29, 1.82) is 0 Å². The molecule has 0 unspecified atom stereocenters. The molecule has 1 aliphatic carbocycles. The second-order valence-corrected chi connectivity index (χ2v) is 7.01. The van der Waals surface area contributed by atoms with Crippen molar-refractivity contribution in [2.24, 2.45) is 0 Å². The highest BCUT2D eigenvalue weighted by atomic mass is 15.3. The van der Waals surface area contributed by atoms with Gasteiger partial charge in [-0.05, 0) is 26.2 Å². The molecule has 2 aliphatic rings. The lowest BCUT2D eigenvalue weighted by atomic mass is 10.2. The van der Waals surface area contributed by atoms with Crippen molar-refractivity contribution in [3.63, 3.8) is 0 Å². The molecule has 2 aromatic rings. The van der Waals surface area contributed by atoms with Crippen LogP contribution in [-0.2, 0) is 12.8 Å². The normalized spacial score (nSPS) is 16.9. The molecule has 0 bridgehead atoms. The van der Waals surface area contributed by atoms with Crippen LogP contribution in [0.4, 0.5) is 17.6 Å². The van der Waals surface area contributed by atoms with Crippen LogP contribution in [0.3, 0.4) is 0 Å². The minimum absolute atomic E-state index is 0.769. The molecular weight excluding hydrogens is 314 g/mol. The van der Waals surface area contributed by atoms with Gasteiger partial charge in [-0.1, -0.05) is 0 Å². The molecule has 4 rings (SSSR count). The number of aryl methyl sites for hydroxylation is 2. The highest BCUT2D eigenvalue weighted by Gasteiger charge is 2.25. The fraction of sp³-hybridized carbons (Fsp3) is 0.556. The van der Waals surface area contributed by atoms with Gasteiger partial charge in [0.15, 0.2) is 0 Å². The van der Waals surface area contributed by atoms with Crippen LogP contribution >= 0.6 is 0 Å². The molecule has 0 radical (unpaired) electrons. The van der Waals surface area contributed by atoms with Gasteiger partial charge in [0.1, 0.15) is 18.0 Å². The third kappa shape index (κ3) is 3.10. The summed E-state index contributed by atoms with van der Waals surface area (Å²) in [4.78, 5) is 24.9. The number of piperazine rings is 1. The molecule has 132 valence electrons. The van der Waals surface area contributed by atoms with Gasteiger partial charge in [-0.15, -0.1) is 0 Å². The smallest absolute Gasteiger partial charge is 0.226 e. The number of nitrogens with zero attached hydrogens (tertiary/aromatic N) is 7. The molecule has 0 aromatic carbocycles. The maximum absolute atomic E-state index is 4.71. The fourth-order valence-corrected chi connectivity index (χ4v) is 3.66. The molecule has 2 aromatic heterocycles. The fourth-order valence-electron chi connectivity index (χ4n) is 3.66. The summed E-state index contributed by atoms with van der Waals surface area (Å²) < 4.78 is 0. The van der Waals surface area contributed by atoms with Crippen LogP contribution < -0.4 is 14.7 Å². The lowest BCUT2D eigenvalue weighted by Gasteiger charge is -2.37. The topological polar surface area (TPSA) is 61.3 Å². The van der Waals surface area contributed by atoms with Gasteiger partial charge in [-0.3, -0.25) is 0 Å². The Bertz CT molecular complexity index is 766. The van der Waals surface area contributed by atoms with Crippen LogP contribution in [-0.4, -0.2) is 60.2 Å². The van der Waals surface area contributed by atoms with Gasteiger partial charge >= 0.3 is 0 Å². The molecule has 7 nitrogen and oxygen atoms in total. The third-order valence-corrected chi connectivity index (χ3v) is 4.98. The molecule has 0 amide bonds. The zero-order valence-electron chi connectivity index (χ0n) is 15.2. The zero-order valence-corrected chi connectivity index (χ0v) is 15.2. The Labute approximate surface area is 148 Å². The second-order valence-electron chi connectivity index (χ2n) is 7.01. The standard InChI is InChI=1S/C18H25N7/c1-13-11-16(22-18(21-13)23(2)3)24-7-9-25(10-8-24)17-14-5-4-6-15(14)19-12-20-17/h11-12H,4-10H2,1-3H3. The van der Waals surface area contributed by atoms with Gasteiger partial charge in [-0.25, -0.2) is 15.0 Å². The number of hydrogen-bond acceptors (Lipinski definition) is 7. The minimum atomic E-state index is 0.769. The first kappa shape index (κ1) is 16.1. The predicted molar refractivity (Wildman–Crippen MR) is 99.6 cm³/mol. The number of aromatic nitrogens is 4. The first-order chi connectivity index (χ1) is 12.1. The Morgan fingerprint density at radius 3 is 2.48 bits per heavy atom. The van der Waals surface area contributed by atoms with Crippen molar-refractivity contribution >= 4 is 17.6 Å².